The van der Waals surface area contributed by atoms with E-state index in [4.69, 9.17) is 5.73 Å². The molecule has 0 unspecified atom stereocenters. The quantitative estimate of drug-likeness (QED) is 0.919. The van der Waals surface area contributed by atoms with Crippen LogP contribution < -0.4 is 11.3 Å². The van der Waals surface area contributed by atoms with Crippen LogP contribution in [0, 0.1) is 12.8 Å². The third kappa shape index (κ3) is 2.43. The van der Waals surface area contributed by atoms with E-state index in [0.29, 0.717) is 11.6 Å². The number of anilines is 1. The second-order valence-corrected chi connectivity index (χ2v) is 5.43. The summed E-state index contributed by atoms with van der Waals surface area (Å²) in [7, 11) is 1.88. The lowest BCUT2D eigenvalue weighted by Crippen LogP contribution is -2.20. The van der Waals surface area contributed by atoms with Crippen LogP contribution in [0.3, 0.4) is 0 Å². The third-order valence-corrected chi connectivity index (χ3v) is 3.30. The van der Waals surface area contributed by atoms with Gasteiger partial charge in [-0.25, -0.2) is 4.68 Å². The first-order valence-electron chi connectivity index (χ1n) is 6.55. The molecule has 2 N–H and O–H groups in total. The molecule has 0 spiro atoms. The highest BCUT2D eigenvalue weighted by molar-refractivity contribution is 5.46. The van der Waals surface area contributed by atoms with E-state index in [9.17, 15) is 4.79 Å². The van der Waals surface area contributed by atoms with Gasteiger partial charge in [0.25, 0.3) is 5.56 Å². The summed E-state index contributed by atoms with van der Waals surface area (Å²) in [6.45, 7) is 6.26. The number of nitrogens with zero attached hydrogens (tertiary/aromatic N) is 2. The molecule has 19 heavy (non-hydrogen) atoms. The van der Waals surface area contributed by atoms with Crippen LogP contribution in [0.25, 0.3) is 5.69 Å². The molecule has 1 heterocycles. The van der Waals surface area contributed by atoms with Crippen molar-refractivity contribution in [3.8, 4) is 5.69 Å². The standard InChI is InChI=1S/C15H21N3O/c1-10(2)9-13-14(16)15(19)18(17(13)4)12-7-5-11(3)6-8-12/h5-8,10H,9,16H2,1-4H3. The van der Waals surface area contributed by atoms with Gasteiger partial charge in [-0.3, -0.25) is 9.48 Å². The molecule has 102 valence electrons. The maximum atomic E-state index is 12.3. The van der Waals surface area contributed by atoms with Gasteiger partial charge in [0, 0.05) is 7.05 Å². The van der Waals surface area contributed by atoms with Crippen molar-refractivity contribution < 1.29 is 0 Å². The highest BCUT2D eigenvalue weighted by atomic mass is 16.1. The van der Waals surface area contributed by atoms with Crippen LogP contribution in [0.5, 0.6) is 0 Å². The number of aryl methyl sites for hydroxylation is 1. The smallest absolute Gasteiger partial charge is 0.294 e. The molecule has 4 heteroatoms. The summed E-state index contributed by atoms with van der Waals surface area (Å²) in [4.78, 5) is 12.3. The van der Waals surface area contributed by atoms with Gasteiger partial charge in [-0.05, 0) is 31.4 Å². The number of nitrogen functional groups attached to an aromatic ring is 1. The molecular weight excluding hydrogens is 238 g/mol. The van der Waals surface area contributed by atoms with E-state index in [2.05, 4.69) is 13.8 Å². The second-order valence-electron chi connectivity index (χ2n) is 5.43. The lowest BCUT2D eigenvalue weighted by molar-refractivity contribution is 0.563. The van der Waals surface area contributed by atoms with Crippen molar-refractivity contribution in [3.05, 3.63) is 45.9 Å². The van der Waals surface area contributed by atoms with Crippen molar-refractivity contribution in [2.45, 2.75) is 27.2 Å². The zero-order chi connectivity index (χ0) is 14.2. The Bertz CT molecular complexity index is 633. The Kier molecular flexibility index (Phi) is 3.51. The van der Waals surface area contributed by atoms with Crippen LogP contribution in [-0.2, 0) is 13.5 Å². The van der Waals surface area contributed by atoms with E-state index in [-0.39, 0.29) is 5.56 Å². The van der Waals surface area contributed by atoms with Gasteiger partial charge in [0.05, 0.1) is 11.4 Å². The van der Waals surface area contributed by atoms with Crippen molar-refractivity contribution in [3.63, 3.8) is 0 Å². The summed E-state index contributed by atoms with van der Waals surface area (Å²) in [5.41, 5.74) is 9.10. The van der Waals surface area contributed by atoms with Crippen molar-refractivity contribution in [1.29, 1.82) is 0 Å². The summed E-state index contributed by atoms with van der Waals surface area (Å²) < 4.78 is 3.49. The molecule has 0 saturated carbocycles. The molecule has 0 atom stereocenters. The minimum absolute atomic E-state index is 0.137. The molecule has 0 aliphatic carbocycles. The number of hydrogen-bond acceptors (Lipinski definition) is 2. The Balaban J connectivity index is 2.59. The topological polar surface area (TPSA) is 52.9 Å². The first-order valence-corrected chi connectivity index (χ1v) is 6.55. The van der Waals surface area contributed by atoms with Gasteiger partial charge in [0.15, 0.2) is 0 Å². The highest BCUT2D eigenvalue weighted by Gasteiger charge is 2.17. The Morgan fingerprint density at radius 3 is 2.32 bits per heavy atom. The Hall–Kier alpha value is -1.97. The van der Waals surface area contributed by atoms with Crippen molar-refractivity contribution in [2.75, 3.05) is 5.73 Å². The van der Waals surface area contributed by atoms with E-state index in [1.54, 1.807) is 4.68 Å². The molecular formula is C15H21N3O. The predicted molar refractivity (Wildman–Crippen MR) is 78.7 cm³/mol. The average molecular weight is 259 g/mol. The average Bonchev–Trinajstić information content (AvgIpc) is 2.55. The molecule has 1 aromatic carbocycles. The van der Waals surface area contributed by atoms with Crippen molar-refractivity contribution >= 4 is 5.69 Å². The number of benzene rings is 1. The molecule has 2 aromatic rings. The fraction of sp³-hybridized carbons (Fsp3) is 0.400. The van der Waals surface area contributed by atoms with Gasteiger partial charge in [-0.1, -0.05) is 31.5 Å². The van der Waals surface area contributed by atoms with E-state index in [0.717, 1.165) is 17.8 Å². The monoisotopic (exact) mass is 259 g/mol. The second kappa shape index (κ2) is 4.96. The van der Waals surface area contributed by atoms with Crippen LogP contribution in [0.2, 0.25) is 0 Å². The van der Waals surface area contributed by atoms with Crippen LogP contribution >= 0.6 is 0 Å². The summed E-state index contributed by atoms with van der Waals surface area (Å²) in [6, 6.07) is 7.87. The fourth-order valence-corrected chi connectivity index (χ4v) is 2.27. The van der Waals surface area contributed by atoms with Crippen LogP contribution in [-0.4, -0.2) is 9.36 Å². The first-order chi connectivity index (χ1) is 8.91. The Labute approximate surface area is 113 Å². The number of aromatic nitrogens is 2. The van der Waals surface area contributed by atoms with Gasteiger partial charge in [-0.2, -0.15) is 0 Å². The van der Waals surface area contributed by atoms with E-state index >= 15 is 0 Å². The van der Waals surface area contributed by atoms with E-state index < -0.39 is 0 Å². The molecule has 0 aliphatic rings. The predicted octanol–water partition coefficient (Wildman–Crippen LogP) is 2.27. The molecule has 0 radical (unpaired) electrons. The maximum absolute atomic E-state index is 12.3. The van der Waals surface area contributed by atoms with Gasteiger partial charge in [-0.15, -0.1) is 0 Å². The molecule has 0 amide bonds. The third-order valence-electron chi connectivity index (χ3n) is 3.30. The van der Waals surface area contributed by atoms with Crippen LogP contribution in [0.15, 0.2) is 29.1 Å². The SMILES string of the molecule is Cc1ccc(-n2c(=O)c(N)c(CC(C)C)n2C)cc1. The zero-order valence-electron chi connectivity index (χ0n) is 12.0. The zero-order valence-corrected chi connectivity index (χ0v) is 12.0. The number of nitrogens with two attached hydrogens (primary N) is 1. The molecule has 2 rings (SSSR count). The number of rotatable bonds is 3. The normalized spacial score (nSPS) is 11.2. The molecule has 4 nitrogen and oxygen atoms in total. The summed E-state index contributed by atoms with van der Waals surface area (Å²) in [5, 5.41) is 0. The van der Waals surface area contributed by atoms with Crippen molar-refractivity contribution in [2.24, 2.45) is 13.0 Å². The lowest BCUT2D eigenvalue weighted by Gasteiger charge is -2.11. The first kappa shape index (κ1) is 13.5. The largest absolute Gasteiger partial charge is 0.393 e. The fourth-order valence-electron chi connectivity index (χ4n) is 2.27. The molecule has 0 bridgehead atoms. The van der Waals surface area contributed by atoms with Gasteiger partial charge in [0.1, 0.15) is 5.69 Å². The number of hydrogen-bond donors (Lipinski definition) is 1. The Morgan fingerprint density at radius 2 is 1.79 bits per heavy atom. The van der Waals surface area contributed by atoms with Crippen molar-refractivity contribution in [1.82, 2.24) is 9.36 Å². The van der Waals surface area contributed by atoms with Gasteiger partial charge in [0.2, 0.25) is 0 Å². The molecule has 0 saturated heterocycles. The van der Waals surface area contributed by atoms with Crippen LogP contribution in [0.1, 0.15) is 25.1 Å². The highest BCUT2D eigenvalue weighted by Crippen LogP contribution is 2.16. The van der Waals surface area contributed by atoms with Gasteiger partial charge >= 0.3 is 0 Å². The van der Waals surface area contributed by atoms with Gasteiger partial charge < -0.3 is 5.73 Å². The molecule has 0 aliphatic heterocycles. The maximum Gasteiger partial charge on any atom is 0.294 e. The van der Waals surface area contributed by atoms with Crippen LogP contribution in [0.4, 0.5) is 5.69 Å². The van der Waals surface area contributed by atoms with E-state index in [1.807, 2.05) is 42.9 Å². The van der Waals surface area contributed by atoms with E-state index in [1.165, 1.54) is 5.56 Å². The summed E-state index contributed by atoms with van der Waals surface area (Å²) in [6.07, 6.45) is 0.802. The summed E-state index contributed by atoms with van der Waals surface area (Å²) in [5.74, 6) is 0.460. The molecule has 0 fully saturated rings. The lowest BCUT2D eigenvalue weighted by atomic mass is 10.1. The minimum Gasteiger partial charge on any atom is -0.393 e. The minimum atomic E-state index is -0.137. The molecule has 1 aromatic heterocycles. The Morgan fingerprint density at radius 1 is 1.21 bits per heavy atom. The summed E-state index contributed by atoms with van der Waals surface area (Å²) >= 11 is 0.